The SMILES string of the molecule is CCNCC#Cc1cscc1Br. The Kier molecular flexibility index (Phi) is 4.37. The summed E-state index contributed by atoms with van der Waals surface area (Å²) in [6.07, 6.45) is 0. The molecular weight excluding hydrogens is 234 g/mol. The topological polar surface area (TPSA) is 12.0 Å². The maximum Gasteiger partial charge on any atom is 0.0580 e. The lowest BCUT2D eigenvalue weighted by Crippen LogP contribution is -2.11. The molecule has 1 N–H and O–H groups in total. The Morgan fingerprint density at radius 2 is 2.42 bits per heavy atom. The molecule has 3 heteroatoms. The molecule has 0 saturated heterocycles. The molecule has 0 fully saturated rings. The van der Waals surface area contributed by atoms with Crippen LogP contribution in [-0.2, 0) is 0 Å². The van der Waals surface area contributed by atoms with Crippen molar-refractivity contribution in [2.75, 3.05) is 13.1 Å². The zero-order valence-electron chi connectivity index (χ0n) is 6.86. The molecule has 0 amide bonds. The summed E-state index contributed by atoms with van der Waals surface area (Å²) >= 11 is 5.08. The minimum absolute atomic E-state index is 0.763. The van der Waals surface area contributed by atoms with Crippen LogP contribution in [0.3, 0.4) is 0 Å². The third-order valence-electron chi connectivity index (χ3n) is 1.30. The van der Waals surface area contributed by atoms with Crippen LogP contribution >= 0.6 is 27.3 Å². The van der Waals surface area contributed by atoms with Gasteiger partial charge in [0.05, 0.1) is 6.54 Å². The van der Waals surface area contributed by atoms with Crippen molar-refractivity contribution in [1.29, 1.82) is 0 Å². The lowest BCUT2D eigenvalue weighted by molar-refractivity contribution is 0.811. The summed E-state index contributed by atoms with van der Waals surface area (Å²) in [5, 5.41) is 7.23. The summed E-state index contributed by atoms with van der Waals surface area (Å²) < 4.78 is 1.09. The second kappa shape index (κ2) is 5.36. The Labute approximate surface area is 85.3 Å². The van der Waals surface area contributed by atoms with Crippen LogP contribution in [0.1, 0.15) is 12.5 Å². The molecule has 0 aliphatic heterocycles. The second-order valence-corrected chi connectivity index (χ2v) is 3.81. The van der Waals surface area contributed by atoms with Gasteiger partial charge in [0.2, 0.25) is 0 Å². The van der Waals surface area contributed by atoms with Crippen molar-refractivity contribution in [2.45, 2.75) is 6.92 Å². The van der Waals surface area contributed by atoms with Gasteiger partial charge < -0.3 is 5.32 Å². The van der Waals surface area contributed by atoms with Gasteiger partial charge in [0.1, 0.15) is 0 Å². The molecular formula is C9H10BrNS. The van der Waals surface area contributed by atoms with Crippen LogP contribution in [0.4, 0.5) is 0 Å². The van der Waals surface area contributed by atoms with E-state index in [-0.39, 0.29) is 0 Å². The van der Waals surface area contributed by atoms with Crippen LogP contribution in [0.2, 0.25) is 0 Å². The zero-order chi connectivity index (χ0) is 8.81. The normalized spacial score (nSPS) is 9.17. The highest BCUT2D eigenvalue weighted by Gasteiger charge is 1.93. The van der Waals surface area contributed by atoms with Crippen LogP contribution in [0.5, 0.6) is 0 Å². The Morgan fingerprint density at radius 3 is 3.00 bits per heavy atom. The number of hydrogen-bond donors (Lipinski definition) is 1. The lowest BCUT2D eigenvalue weighted by atomic mass is 10.3. The third-order valence-corrected chi connectivity index (χ3v) is 3.00. The second-order valence-electron chi connectivity index (χ2n) is 2.22. The van der Waals surface area contributed by atoms with E-state index in [0.717, 1.165) is 23.1 Å². The summed E-state index contributed by atoms with van der Waals surface area (Å²) in [4.78, 5) is 0. The minimum atomic E-state index is 0.763. The number of rotatable bonds is 2. The summed E-state index contributed by atoms with van der Waals surface area (Å²) in [5.74, 6) is 6.12. The van der Waals surface area contributed by atoms with E-state index in [1.165, 1.54) is 0 Å². The van der Waals surface area contributed by atoms with E-state index in [2.05, 4.69) is 40.0 Å². The quantitative estimate of drug-likeness (QED) is 0.622. The van der Waals surface area contributed by atoms with Crippen molar-refractivity contribution in [3.8, 4) is 11.8 Å². The average molecular weight is 244 g/mol. The first-order valence-corrected chi connectivity index (χ1v) is 5.49. The van der Waals surface area contributed by atoms with Gasteiger partial charge in [-0.2, -0.15) is 0 Å². The molecule has 0 bridgehead atoms. The molecule has 0 unspecified atom stereocenters. The molecule has 0 aliphatic rings. The van der Waals surface area contributed by atoms with Crippen molar-refractivity contribution < 1.29 is 0 Å². The fraction of sp³-hybridized carbons (Fsp3) is 0.333. The van der Waals surface area contributed by atoms with Gasteiger partial charge >= 0.3 is 0 Å². The molecule has 12 heavy (non-hydrogen) atoms. The van der Waals surface area contributed by atoms with E-state index in [1.807, 2.05) is 10.8 Å². The Bertz CT molecular complexity index is 295. The fourth-order valence-electron chi connectivity index (χ4n) is 0.698. The maximum absolute atomic E-state index is 3.42. The molecule has 0 aromatic carbocycles. The van der Waals surface area contributed by atoms with Crippen molar-refractivity contribution in [1.82, 2.24) is 5.32 Å². The zero-order valence-corrected chi connectivity index (χ0v) is 9.26. The maximum atomic E-state index is 3.42. The Morgan fingerprint density at radius 1 is 1.58 bits per heavy atom. The average Bonchev–Trinajstić information content (AvgIpc) is 2.46. The van der Waals surface area contributed by atoms with E-state index in [1.54, 1.807) is 11.3 Å². The van der Waals surface area contributed by atoms with Gasteiger partial charge in [0, 0.05) is 20.8 Å². The predicted molar refractivity (Wildman–Crippen MR) is 57.4 cm³/mol. The van der Waals surface area contributed by atoms with E-state index in [4.69, 9.17) is 0 Å². The van der Waals surface area contributed by atoms with E-state index < -0.39 is 0 Å². The predicted octanol–water partition coefficient (Wildman–Crippen LogP) is 2.47. The summed E-state index contributed by atoms with van der Waals surface area (Å²) in [6, 6.07) is 0. The van der Waals surface area contributed by atoms with Crippen LogP contribution in [0, 0.1) is 11.8 Å². The molecule has 0 atom stereocenters. The number of nitrogens with one attached hydrogen (secondary N) is 1. The van der Waals surface area contributed by atoms with Gasteiger partial charge in [-0.1, -0.05) is 18.8 Å². The van der Waals surface area contributed by atoms with Crippen LogP contribution in [0.15, 0.2) is 15.2 Å². The fourth-order valence-corrected chi connectivity index (χ4v) is 2.02. The van der Waals surface area contributed by atoms with Crippen LogP contribution in [-0.4, -0.2) is 13.1 Å². The molecule has 0 spiro atoms. The largest absolute Gasteiger partial charge is 0.306 e. The molecule has 64 valence electrons. The first-order valence-electron chi connectivity index (χ1n) is 3.76. The number of thiophene rings is 1. The molecule has 1 heterocycles. The molecule has 1 aromatic rings. The van der Waals surface area contributed by atoms with Gasteiger partial charge in [-0.05, 0) is 22.5 Å². The molecule has 1 nitrogen and oxygen atoms in total. The van der Waals surface area contributed by atoms with Crippen molar-refractivity contribution >= 4 is 27.3 Å². The van der Waals surface area contributed by atoms with E-state index >= 15 is 0 Å². The molecule has 0 radical (unpaired) electrons. The summed E-state index contributed by atoms with van der Waals surface area (Å²) in [7, 11) is 0. The van der Waals surface area contributed by atoms with Crippen molar-refractivity contribution in [3.05, 3.63) is 20.8 Å². The monoisotopic (exact) mass is 243 g/mol. The van der Waals surface area contributed by atoms with Gasteiger partial charge in [0.15, 0.2) is 0 Å². The van der Waals surface area contributed by atoms with Crippen LogP contribution < -0.4 is 5.32 Å². The van der Waals surface area contributed by atoms with E-state index in [0.29, 0.717) is 0 Å². The Hall–Kier alpha value is -0.300. The van der Waals surface area contributed by atoms with Gasteiger partial charge in [-0.3, -0.25) is 0 Å². The summed E-state index contributed by atoms with van der Waals surface area (Å²) in [6.45, 7) is 3.81. The summed E-state index contributed by atoms with van der Waals surface area (Å²) in [5.41, 5.74) is 1.08. The first kappa shape index (κ1) is 9.79. The highest BCUT2D eigenvalue weighted by atomic mass is 79.9. The van der Waals surface area contributed by atoms with Gasteiger partial charge in [0.25, 0.3) is 0 Å². The number of hydrogen-bond acceptors (Lipinski definition) is 2. The molecule has 1 rings (SSSR count). The number of halogens is 1. The highest BCUT2D eigenvalue weighted by Crippen LogP contribution is 2.19. The van der Waals surface area contributed by atoms with Crippen molar-refractivity contribution in [3.63, 3.8) is 0 Å². The van der Waals surface area contributed by atoms with Crippen molar-refractivity contribution in [2.24, 2.45) is 0 Å². The van der Waals surface area contributed by atoms with E-state index in [9.17, 15) is 0 Å². The molecule has 0 aliphatic carbocycles. The van der Waals surface area contributed by atoms with Gasteiger partial charge in [-0.15, -0.1) is 11.3 Å². The third kappa shape index (κ3) is 2.98. The minimum Gasteiger partial charge on any atom is -0.306 e. The smallest absolute Gasteiger partial charge is 0.0580 e. The molecule has 1 aromatic heterocycles. The first-order chi connectivity index (χ1) is 5.84. The standard InChI is InChI=1S/C9H10BrNS/c1-2-11-5-3-4-8-6-12-7-9(8)10/h6-7,11H,2,5H2,1H3. The van der Waals surface area contributed by atoms with Crippen LogP contribution in [0.25, 0.3) is 0 Å². The Balaban J connectivity index is 2.49. The molecule has 0 saturated carbocycles. The van der Waals surface area contributed by atoms with Gasteiger partial charge in [-0.25, -0.2) is 0 Å². The lowest BCUT2D eigenvalue weighted by Gasteiger charge is -1.88. The highest BCUT2D eigenvalue weighted by molar-refractivity contribution is 9.10.